The van der Waals surface area contributed by atoms with Crippen molar-refractivity contribution < 1.29 is 43.0 Å². The molecule has 4 heterocycles. The Kier molecular flexibility index (Phi) is 12.7. The number of nitrogens with zero attached hydrogens (tertiary/aromatic N) is 3. The van der Waals surface area contributed by atoms with Crippen molar-refractivity contribution in [2.24, 2.45) is 11.8 Å². The van der Waals surface area contributed by atoms with Gasteiger partial charge in [0.2, 0.25) is 23.9 Å². The monoisotopic (exact) mass is 834 g/mol. The number of carbonyl (C=O) groups excluding carboxylic acids is 6. The molecule has 2 saturated heterocycles. The number of amides is 5. The second-order valence-corrected chi connectivity index (χ2v) is 16.6. The Hall–Kier alpha value is -6.38. The summed E-state index contributed by atoms with van der Waals surface area (Å²) in [6, 6.07) is 20.4. The van der Waals surface area contributed by atoms with Gasteiger partial charge >= 0.3 is 12.2 Å². The van der Waals surface area contributed by atoms with Gasteiger partial charge in [0.05, 0.1) is 31.5 Å². The lowest BCUT2D eigenvalue weighted by atomic mass is 9.99. The highest BCUT2D eigenvalue weighted by Gasteiger charge is 2.40. The van der Waals surface area contributed by atoms with E-state index in [0.29, 0.717) is 50.2 Å². The molecule has 3 aliphatic heterocycles. The minimum absolute atomic E-state index is 0.0668. The first-order valence-corrected chi connectivity index (χ1v) is 20.9. The molecule has 15 nitrogen and oxygen atoms in total. The maximum absolute atomic E-state index is 13.9. The van der Waals surface area contributed by atoms with E-state index in [1.54, 1.807) is 11.0 Å². The average molecular weight is 835 g/mol. The van der Waals surface area contributed by atoms with E-state index in [-0.39, 0.29) is 41.8 Å². The molecule has 5 amide bonds. The Labute approximate surface area is 355 Å². The minimum atomic E-state index is -0.842. The number of anilines is 1. The van der Waals surface area contributed by atoms with Crippen LogP contribution in [0.3, 0.4) is 0 Å². The molecule has 0 spiro atoms. The summed E-state index contributed by atoms with van der Waals surface area (Å²) < 4.78 is 18.4. The molecule has 4 aromatic rings. The van der Waals surface area contributed by atoms with Crippen LogP contribution in [0.25, 0.3) is 22.2 Å². The number of ether oxygens (including phenoxy) is 3. The summed E-state index contributed by atoms with van der Waals surface area (Å²) in [5, 5.41) is 9.17. The summed E-state index contributed by atoms with van der Waals surface area (Å²) in [4.78, 5) is 82.1. The van der Waals surface area contributed by atoms with Gasteiger partial charge in [0.1, 0.15) is 23.9 Å². The number of hydrogen-bond donors (Lipinski definition) is 3. The third kappa shape index (κ3) is 8.77. The van der Waals surface area contributed by atoms with E-state index >= 15 is 0 Å². The third-order valence-corrected chi connectivity index (χ3v) is 11.9. The Morgan fingerprint density at radius 1 is 0.738 bits per heavy atom. The van der Waals surface area contributed by atoms with Gasteiger partial charge in [-0.2, -0.15) is 0 Å². The lowest BCUT2D eigenvalue weighted by molar-refractivity contribution is -0.139. The van der Waals surface area contributed by atoms with Crippen molar-refractivity contribution in [3.63, 3.8) is 0 Å². The molecular weight excluding hydrogens is 781 g/mol. The van der Waals surface area contributed by atoms with E-state index in [2.05, 4.69) is 26.6 Å². The number of ketones is 1. The first-order valence-electron chi connectivity index (χ1n) is 20.9. The number of rotatable bonds is 12. The number of benzene rings is 3. The topological polar surface area (TPSA) is 178 Å². The number of aromatic nitrogens is 1. The summed E-state index contributed by atoms with van der Waals surface area (Å²) in [6.45, 7) is 8.16. The quantitative estimate of drug-likeness (QED) is 0.154. The number of carbonyl (C=O) groups is 6. The lowest BCUT2D eigenvalue weighted by Gasteiger charge is -2.31. The van der Waals surface area contributed by atoms with E-state index in [4.69, 9.17) is 14.2 Å². The maximum Gasteiger partial charge on any atom is 0.407 e. The third-order valence-electron chi connectivity index (χ3n) is 11.9. The van der Waals surface area contributed by atoms with Gasteiger partial charge in [-0.1, -0.05) is 64.1 Å². The van der Waals surface area contributed by atoms with Crippen LogP contribution in [0.1, 0.15) is 70.7 Å². The van der Waals surface area contributed by atoms with Crippen LogP contribution < -0.4 is 20.7 Å². The summed E-state index contributed by atoms with van der Waals surface area (Å²) in [6.07, 6.45) is 0.543. The molecule has 0 bridgehead atoms. The molecule has 0 unspecified atom stereocenters. The SMILES string of the molecule is COC(=O)N[C@H](C(=O)N1CCC[C@H]1C(=O)Cc1ccc2c(c1)cc1n2[C@H](c2ccccc2)Oc2cc(NC(=O)[C@@H]3CCCN3C(=O)[C@@H](NC(=O)OC)C(C)C)ccc2-1)C(C)C. The molecule has 0 saturated carbocycles. The predicted octanol–water partition coefficient (Wildman–Crippen LogP) is 6.04. The molecule has 15 heteroatoms. The van der Waals surface area contributed by atoms with Crippen LogP contribution in [0.5, 0.6) is 5.75 Å². The molecule has 7 rings (SSSR count). The van der Waals surface area contributed by atoms with E-state index < -0.39 is 42.6 Å². The number of fused-ring (bicyclic) bond motifs is 5. The van der Waals surface area contributed by atoms with Gasteiger partial charge in [-0.3, -0.25) is 19.2 Å². The van der Waals surface area contributed by atoms with Crippen LogP contribution in [0, 0.1) is 11.8 Å². The Morgan fingerprint density at radius 2 is 1.34 bits per heavy atom. The zero-order valence-corrected chi connectivity index (χ0v) is 35.4. The molecule has 3 aromatic carbocycles. The summed E-state index contributed by atoms with van der Waals surface area (Å²) >= 11 is 0. The molecule has 322 valence electrons. The van der Waals surface area contributed by atoms with E-state index in [0.717, 1.165) is 33.3 Å². The highest BCUT2D eigenvalue weighted by Crippen LogP contribution is 2.45. The zero-order chi connectivity index (χ0) is 43.5. The second kappa shape index (κ2) is 18.1. The van der Waals surface area contributed by atoms with Crippen LogP contribution in [0.15, 0.2) is 72.8 Å². The fraction of sp³-hybridized carbons (Fsp3) is 0.435. The van der Waals surface area contributed by atoms with Crippen LogP contribution in [-0.2, 0) is 35.1 Å². The molecule has 0 radical (unpaired) electrons. The number of Topliss-reactive ketones (excluding diaryl/α,β-unsaturated/α-hetero) is 1. The number of nitrogens with one attached hydrogen (secondary N) is 3. The molecule has 3 aliphatic rings. The number of likely N-dealkylation sites (tertiary alicyclic amines) is 2. The highest BCUT2D eigenvalue weighted by atomic mass is 16.5. The van der Waals surface area contributed by atoms with Gasteiger partial charge in [-0.15, -0.1) is 0 Å². The maximum atomic E-state index is 13.9. The lowest BCUT2D eigenvalue weighted by Crippen LogP contribution is -2.54. The zero-order valence-electron chi connectivity index (χ0n) is 35.4. The fourth-order valence-electron chi connectivity index (χ4n) is 8.74. The first kappa shape index (κ1) is 42.7. The van der Waals surface area contributed by atoms with Crippen LogP contribution in [0.4, 0.5) is 15.3 Å². The number of methoxy groups -OCH3 is 2. The van der Waals surface area contributed by atoms with Crippen molar-refractivity contribution in [1.82, 2.24) is 25.0 Å². The number of hydrogen-bond acceptors (Lipinski definition) is 9. The Bertz CT molecular complexity index is 2320. The molecular formula is C46H54N6O9. The van der Waals surface area contributed by atoms with Crippen LogP contribution in [0.2, 0.25) is 0 Å². The van der Waals surface area contributed by atoms with Crippen molar-refractivity contribution in [3.8, 4) is 17.0 Å². The van der Waals surface area contributed by atoms with Crippen molar-refractivity contribution in [2.45, 2.75) is 90.2 Å². The summed E-state index contributed by atoms with van der Waals surface area (Å²) in [7, 11) is 2.49. The van der Waals surface area contributed by atoms with Crippen LogP contribution >= 0.6 is 0 Å². The van der Waals surface area contributed by atoms with E-state index in [1.807, 2.05) is 88.4 Å². The first-order chi connectivity index (χ1) is 29.3. The van der Waals surface area contributed by atoms with Crippen LogP contribution in [-0.4, -0.2) is 102 Å². The molecule has 61 heavy (non-hydrogen) atoms. The van der Waals surface area contributed by atoms with E-state index in [9.17, 15) is 28.8 Å². The number of alkyl carbamates (subject to hydrolysis) is 2. The predicted molar refractivity (Wildman–Crippen MR) is 228 cm³/mol. The molecule has 2 fully saturated rings. The molecule has 0 aliphatic carbocycles. The van der Waals surface area contributed by atoms with Crippen molar-refractivity contribution in [1.29, 1.82) is 0 Å². The van der Waals surface area contributed by atoms with E-state index in [1.165, 1.54) is 19.1 Å². The van der Waals surface area contributed by atoms with Gasteiger partial charge < -0.3 is 44.5 Å². The van der Waals surface area contributed by atoms with Crippen molar-refractivity contribution >= 4 is 52.3 Å². The van der Waals surface area contributed by atoms with Gasteiger partial charge in [-0.05, 0) is 73.4 Å². The van der Waals surface area contributed by atoms with Gasteiger partial charge in [0, 0.05) is 47.8 Å². The van der Waals surface area contributed by atoms with Crippen molar-refractivity contribution in [3.05, 3.63) is 83.9 Å². The largest absolute Gasteiger partial charge is 0.465 e. The van der Waals surface area contributed by atoms with Crippen molar-refractivity contribution in [2.75, 3.05) is 32.6 Å². The molecule has 3 N–H and O–H groups in total. The Morgan fingerprint density at radius 3 is 1.95 bits per heavy atom. The normalized spacial score (nSPS) is 19.1. The van der Waals surface area contributed by atoms with Gasteiger partial charge in [0.15, 0.2) is 5.78 Å². The molecule has 1 aromatic heterocycles. The highest BCUT2D eigenvalue weighted by molar-refractivity contribution is 6.00. The Balaban J connectivity index is 1.13. The fourth-order valence-corrected chi connectivity index (χ4v) is 8.74. The summed E-state index contributed by atoms with van der Waals surface area (Å²) in [5.74, 6) is -0.890. The summed E-state index contributed by atoms with van der Waals surface area (Å²) in [5.41, 5.74) is 4.83. The molecule has 5 atom stereocenters. The smallest absolute Gasteiger partial charge is 0.407 e. The van der Waals surface area contributed by atoms with Gasteiger partial charge in [0.25, 0.3) is 0 Å². The average Bonchev–Trinajstić information content (AvgIpc) is 4.03. The van der Waals surface area contributed by atoms with Gasteiger partial charge in [-0.25, -0.2) is 9.59 Å². The minimum Gasteiger partial charge on any atom is -0.465 e. The second-order valence-electron chi connectivity index (χ2n) is 16.6. The standard InChI is InChI=1S/C46H54N6O9/c1-26(2)39(48-45(57)59-5)42(55)50-20-10-14-34(50)37(53)23-28-16-19-33-30(22-28)24-36-32-18-17-31(25-38(32)61-44(52(33)36)29-12-8-7-9-13-29)47-41(54)35-15-11-21-51(35)43(56)40(27(3)4)49-46(58)60-6/h7-9,12-13,16-19,22,24-27,34-35,39-40,44H,10-11,14-15,20-21,23H2,1-6H3,(H,47,54)(H,48,57)(H,49,58)/t34-,35-,39-,40-,44-/m0/s1.